The fraction of sp³-hybridized carbons (Fsp3) is 0.625. The molecule has 0 saturated heterocycles. The van der Waals surface area contributed by atoms with E-state index in [1.54, 1.807) is 0 Å². The first-order valence-corrected chi connectivity index (χ1v) is 7.83. The maximum Gasteiger partial charge on any atom is 0.00747 e. The molecule has 0 aliphatic heterocycles. The average molecular weight is 265 g/mol. The summed E-state index contributed by atoms with van der Waals surface area (Å²) in [6, 6.07) is 6.75. The summed E-state index contributed by atoms with van der Waals surface area (Å²) in [4.78, 5) is 1.40. The maximum atomic E-state index is 5.74. The van der Waals surface area contributed by atoms with Crippen LogP contribution in [-0.4, -0.2) is 12.3 Å². The van der Waals surface area contributed by atoms with Gasteiger partial charge in [-0.05, 0) is 67.7 Å². The molecular formula is C16H27NS. The van der Waals surface area contributed by atoms with Gasteiger partial charge >= 0.3 is 0 Å². The predicted molar refractivity (Wildman–Crippen MR) is 83.3 cm³/mol. The minimum absolute atomic E-state index is 0.311. The Kier molecular flexibility index (Phi) is 6.24. The zero-order valence-electron chi connectivity index (χ0n) is 12.3. The topological polar surface area (TPSA) is 26.0 Å². The highest BCUT2D eigenvalue weighted by molar-refractivity contribution is 7.99. The third-order valence-corrected chi connectivity index (χ3v) is 4.63. The summed E-state index contributed by atoms with van der Waals surface area (Å²) in [5.41, 5.74) is 8.82. The zero-order valence-corrected chi connectivity index (χ0v) is 13.1. The molecule has 0 fully saturated rings. The smallest absolute Gasteiger partial charge is 0.00747 e. The van der Waals surface area contributed by atoms with E-state index in [-0.39, 0.29) is 0 Å². The Morgan fingerprint density at radius 1 is 1.11 bits per heavy atom. The third-order valence-electron chi connectivity index (χ3n) is 3.55. The van der Waals surface area contributed by atoms with Crippen molar-refractivity contribution in [1.82, 2.24) is 0 Å². The van der Waals surface area contributed by atoms with Crippen molar-refractivity contribution in [2.24, 2.45) is 11.1 Å². The van der Waals surface area contributed by atoms with Crippen LogP contribution in [0.1, 0.15) is 44.2 Å². The Hall–Kier alpha value is -0.470. The van der Waals surface area contributed by atoms with E-state index in [0.717, 1.165) is 6.54 Å². The van der Waals surface area contributed by atoms with Gasteiger partial charge in [0, 0.05) is 4.90 Å². The van der Waals surface area contributed by atoms with Crippen molar-refractivity contribution < 1.29 is 0 Å². The number of thioether (sulfide) groups is 1. The molecule has 0 amide bonds. The Balaban J connectivity index is 2.24. The molecule has 1 aromatic carbocycles. The molecule has 0 bridgehead atoms. The second-order valence-electron chi connectivity index (χ2n) is 5.92. The van der Waals surface area contributed by atoms with Gasteiger partial charge in [-0.25, -0.2) is 0 Å². The number of aryl methyl sites for hydroxylation is 2. The first-order valence-electron chi connectivity index (χ1n) is 6.85. The molecule has 18 heavy (non-hydrogen) atoms. The first-order chi connectivity index (χ1) is 8.44. The van der Waals surface area contributed by atoms with Crippen LogP contribution in [-0.2, 0) is 0 Å². The van der Waals surface area contributed by atoms with Crippen molar-refractivity contribution in [3.05, 3.63) is 29.3 Å². The van der Waals surface area contributed by atoms with Crippen LogP contribution >= 0.6 is 11.8 Å². The summed E-state index contributed by atoms with van der Waals surface area (Å²) in [5.74, 6) is 1.21. The fourth-order valence-electron chi connectivity index (χ4n) is 1.80. The number of hydrogen-bond donors (Lipinski definition) is 1. The van der Waals surface area contributed by atoms with E-state index in [1.807, 2.05) is 11.8 Å². The molecule has 0 saturated carbocycles. The SMILES string of the molecule is Cc1ccc(SCCCCC(C)(C)CN)cc1C. The monoisotopic (exact) mass is 265 g/mol. The van der Waals surface area contributed by atoms with E-state index >= 15 is 0 Å². The van der Waals surface area contributed by atoms with Crippen molar-refractivity contribution in [2.75, 3.05) is 12.3 Å². The van der Waals surface area contributed by atoms with Gasteiger partial charge in [0.05, 0.1) is 0 Å². The van der Waals surface area contributed by atoms with Crippen LogP contribution in [0.4, 0.5) is 0 Å². The molecule has 2 N–H and O–H groups in total. The molecule has 0 aliphatic rings. The highest BCUT2D eigenvalue weighted by atomic mass is 32.2. The number of benzene rings is 1. The van der Waals surface area contributed by atoms with Gasteiger partial charge in [0.15, 0.2) is 0 Å². The van der Waals surface area contributed by atoms with Gasteiger partial charge in [-0.1, -0.05) is 26.3 Å². The predicted octanol–water partition coefficient (Wildman–Crippen LogP) is 4.55. The first kappa shape index (κ1) is 15.6. The molecule has 0 atom stereocenters. The highest BCUT2D eigenvalue weighted by Gasteiger charge is 2.14. The van der Waals surface area contributed by atoms with Gasteiger partial charge in [-0.15, -0.1) is 11.8 Å². The molecule has 0 heterocycles. The van der Waals surface area contributed by atoms with Crippen molar-refractivity contribution in [1.29, 1.82) is 0 Å². The molecule has 1 nitrogen and oxygen atoms in total. The van der Waals surface area contributed by atoms with Gasteiger partial charge in [-0.3, -0.25) is 0 Å². The molecule has 0 aliphatic carbocycles. The molecule has 102 valence electrons. The summed E-state index contributed by atoms with van der Waals surface area (Å²) in [6.07, 6.45) is 3.79. The molecule has 0 radical (unpaired) electrons. The van der Waals surface area contributed by atoms with E-state index in [4.69, 9.17) is 5.73 Å². The minimum Gasteiger partial charge on any atom is -0.330 e. The molecule has 1 rings (SSSR count). The summed E-state index contributed by atoms with van der Waals surface area (Å²) < 4.78 is 0. The molecule has 2 heteroatoms. The lowest BCUT2D eigenvalue weighted by molar-refractivity contribution is 0.336. The van der Waals surface area contributed by atoms with Crippen molar-refractivity contribution in [3.8, 4) is 0 Å². The Bertz CT molecular complexity index is 371. The van der Waals surface area contributed by atoms with Crippen LogP contribution in [0.5, 0.6) is 0 Å². The Labute approximate surface area is 117 Å². The lowest BCUT2D eigenvalue weighted by Gasteiger charge is -2.21. The summed E-state index contributed by atoms with van der Waals surface area (Å²) >= 11 is 1.97. The maximum absolute atomic E-state index is 5.74. The van der Waals surface area contributed by atoms with Gasteiger partial charge in [0.25, 0.3) is 0 Å². The standard InChI is InChI=1S/C16H27NS/c1-13-7-8-15(11-14(13)2)18-10-6-5-9-16(3,4)12-17/h7-8,11H,5-6,9-10,12,17H2,1-4H3. The van der Waals surface area contributed by atoms with E-state index in [9.17, 15) is 0 Å². The Morgan fingerprint density at radius 3 is 2.44 bits per heavy atom. The highest BCUT2D eigenvalue weighted by Crippen LogP contribution is 2.25. The molecular weight excluding hydrogens is 238 g/mol. The van der Waals surface area contributed by atoms with Crippen LogP contribution in [0, 0.1) is 19.3 Å². The van der Waals surface area contributed by atoms with Gasteiger partial charge < -0.3 is 5.73 Å². The lowest BCUT2D eigenvalue weighted by Crippen LogP contribution is -2.23. The van der Waals surface area contributed by atoms with Crippen molar-refractivity contribution in [3.63, 3.8) is 0 Å². The number of unbranched alkanes of at least 4 members (excludes halogenated alkanes) is 1. The van der Waals surface area contributed by atoms with Gasteiger partial charge in [0.1, 0.15) is 0 Å². The average Bonchev–Trinajstić information content (AvgIpc) is 2.33. The van der Waals surface area contributed by atoms with Crippen LogP contribution < -0.4 is 5.73 Å². The van der Waals surface area contributed by atoms with E-state index in [1.165, 1.54) is 41.0 Å². The Morgan fingerprint density at radius 2 is 1.83 bits per heavy atom. The van der Waals surface area contributed by atoms with Crippen LogP contribution in [0.25, 0.3) is 0 Å². The normalized spacial score (nSPS) is 11.8. The van der Waals surface area contributed by atoms with Gasteiger partial charge in [0.2, 0.25) is 0 Å². The van der Waals surface area contributed by atoms with Crippen LogP contribution in [0.2, 0.25) is 0 Å². The van der Waals surface area contributed by atoms with E-state index < -0.39 is 0 Å². The third kappa shape index (κ3) is 5.45. The lowest BCUT2D eigenvalue weighted by atomic mass is 9.88. The van der Waals surface area contributed by atoms with E-state index in [0.29, 0.717) is 5.41 Å². The number of rotatable bonds is 7. The molecule has 0 aromatic heterocycles. The van der Waals surface area contributed by atoms with Crippen LogP contribution in [0.3, 0.4) is 0 Å². The van der Waals surface area contributed by atoms with Crippen molar-refractivity contribution >= 4 is 11.8 Å². The van der Waals surface area contributed by atoms with Crippen LogP contribution in [0.15, 0.2) is 23.1 Å². The van der Waals surface area contributed by atoms with Gasteiger partial charge in [-0.2, -0.15) is 0 Å². The second kappa shape index (κ2) is 7.20. The summed E-state index contributed by atoms with van der Waals surface area (Å²) in [5, 5.41) is 0. The van der Waals surface area contributed by atoms with Crippen molar-refractivity contribution in [2.45, 2.75) is 51.9 Å². The number of nitrogens with two attached hydrogens (primary N) is 1. The molecule has 0 spiro atoms. The number of hydrogen-bond acceptors (Lipinski definition) is 2. The minimum atomic E-state index is 0.311. The largest absolute Gasteiger partial charge is 0.330 e. The molecule has 0 unspecified atom stereocenters. The summed E-state index contributed by atoms with van der Waals surface area (Å²) in [7, 11) is 0. The quantitative estimate of drug-likeness (QED) is 0.578. The fourth-order valence-corrected chi connectivity index (χ4v) is 2.81. The zero-order chi connectivity index (χ0) is 13.6. The second-order valence-corrected chi connectivity index (χ2v) is 7.09. The summed E-state index contributed by atoms with van der Waals surface area (Å²) in [6.45, 7) is 9.64. The van der Waals surface area contributed by atoms with E-state index in [2.05, 4.69) is 45.9 Å². The molecule has 1 aromatic rings.